The monoisotopic (exact) mass is 473 g/mol. The third kappa shape index (κ3) is 4.37. The second-order valence-electron chi connectivity index (χ2n) is 9.89. The first-order valence-electron chi connectivity index (χ1n) is 12.9. The molecule has 1 aliphatic rings. The van der Waals surface area contributed by atoms with Gasteiger partial charge in [-0.25, -0.2) is 4.98 Å². The van der Waals surface area contributed by atoms with Gasteiger partial charge in [0.2, 0.25) is 5.65 Å². The largest absolute Gasteiger partial charge is 0.384 e. The Balaban J connectivity index is 1.25. The first-order chi connectivity index (χ1) is 17.8. The van der Waals surface area contributed by atoms with E-state index in [0.29, 0.717) is 23.3 Å². The van der Waals surface area contributed by atoms with E-state index in [2.05, 4.69) is 105 Å². The molecule has 0 amide bonds. The zero-order valence-electron chi connectivity index (χ0n) is 20.3. The lowest BCUT2D eigenvalue weighted by molar-refractivity contribution is 0.466. The summed E-state index contributed by atoms with van der Waals surface area (Å²) in [6.07, 6.45) is 5.74. The minimum absolute atomic E-state index is 0.194. The summed E-state index contributed by atoms with van der Waals surface area (Å²) in [5, 5.41) is 11.3. The van der Waals surface area contributed by atoms with E-state index in [-0.39, 0.29) is 5.92 Å². The number of nitrogens with zero attached hydrogens (tertiary/aromatic N) is 3. The van der Waals surface area contributed by atoms with Gasteiger partial charge in [0, 0.05) is 11.8 Å². The fourth-order valence-electron chi connectivity index (χ4n) is 6.11. The highest BCUT2D eigenvalue weighted by Gasteiger charge is 2.28. The van der Waals surface area contributed by atoms with Crippen LogP contribution in [0.25, 0.3) is 11.2 Å². The van der Waals surface area contributed by atoms with Crippen LogP contribution >= 0.6 is 0 Å². The summed E-state index contributed by atoms with van der Waals surface area (Å²) in [5.41, 5.74) is 14.4. The Morgan fingerprint density at radius 1 is 0.833 bits per heavy atom. The number of nitrogens with two attached hydrogens (primary N) is 1. The molecular weight excluding hydrogens is 442 g/mol. The molecule has 6 rings (SSSR count). The van der Waals surface area contributed by atoms with Crippen LogP contribution in [0, 0.1) is 0 Å². The fourth-order valence-corrected chi connectivity index (χ4v) is 6.11. The molecule has 36 heavy (non-hydrogen) atoms. The molecule has 3 N–H and O–H groups in total. The van der Waals surface area contributed by atoms with Crippen molar-refractivity contribution in [2.24, 2.45) is 0 Å². The van der Waals surface area contributed by atoms with Gasteiger partial charge in [-0.15, -0.1) is 5.10 Å². The third-order valence-electron chi connectivity index (χ3n) is 7.78. The maximum absolute atomic E-state index is 6.17. The number of hydrogen-bond donors (Lipinski definition) is 2. The highest BCUT2D eigenvalue weighted by atomic mass is 15.3. The lowest BCUT2D eigenvalue weighted by Crippen LogP contribution is -2.16. The molecule has 5 nitrogen and oxygen atoms in total. The Labute approximate surface area is 211 Å². The molecule has 0 spiro atoms. The minimum atomic E-state index is 0.194. The number of H-pyrrole nitrogens is 1. The lowest BCUT2D eigenvalue weighted by atomic mass is 9.72. The van der Waals surface area contributed by atoms with Crippen LogP contribution in [0.1, 0.15) is 77.7 Å². The minimum Gasteiger partial charge on any atom is -0.384 e. The highest BCUT2D eigenvalue weighted by molar-refractivity contribution is 5.77. The number of pyridine rings is 1. The molecule has 1 aliphatic carbocycles. The quantitative estimate of drug-likeness (QED) is 0.268. The van der Waals surface area contributed by atoms with E-state index in [4.69, 9.17) is 5.73 Å². The van der Waals surface area contributed by atoms with Gasteiger partial charge in [-0.2, -0.15) is 10.3 Å². The maximum Gasteiger partial charge on any atom is 0.203 e. The molecular formula is C31H31N5. The van der Waals surface area contributed by atoms with Crippen LogP contribution < -0.4 is 5.73 Å². The SMILES string of the molecule is Nc1cc(C(CCC[C@H]2CC[C@@H](c3ccccc3)c3ccccc32)c2ccccc2)c2n[nH]nc2n1. The van der Waals surface area contributed by atoms with Crippen molar-refractivity contribution in [3.63, 3.8) is 0 Å². The molecule has 0 saturated carbocycles. The van der Waals surface area contributed by atoms with E-state index in [1.165, 1.54) is 41.5 Å². The van der Waals surface area contributed by atoms with Gasteiger partial charge in [0.15, 0.2) is 0 Å². The van der Waals surface area contributed by atoms with E-state index < -0.39 is 0 Å². The number of rotatable bonds is 7. The topological polar surface area (TPSA) is 80.5 Å². The summed E-state index contributed by atoms with van der Waals surface area (Å²) in [4.78, 5) is 4.36. The Morgan fingerprint density at radius 3 is 2.36 bits per heavy atom. The molecule has 2 heterocycles. The van der Waals surface area contributed by atoms with Crippen LogP contribution in [0.3, 0.4) is 0 Å². The van der Waals surface area contributed by atoms with Gasteiger partial charge in [0.05, 0.1) is 0 Å². The van der Waals surface area contributed by atoms with Gasteiger partial charge >= 0.3 is 0 Å². The van der Waals surface area contributed by atoms with Crippen LogP contribution in [-0.4, -0.2) is 20.4 Å². The van der Waals surface area contributed by atoms with Gasteiger partial charge in [-0.05, 0) is 65.5 Å². The number of aromatic nitrogens is 4. The van der Waals surface area contributed by atoms with Crippen molar-refractivity contribution >= 4 is 17.0 Å². The summed E-state index contributed by atoms with van der Waals surface area (Å²) in [6, 6.07) is 32.7. The van der Waals surface area contributed by atoms with Crippen LogP contribution in [0.15, 0.2) is 91.0 Å². The number of anilines is 1. The van der Waals surface area contributed by atoms with E-state index in [1.807, 2.05) is 6.07 Å². The Bertz CT molecular complexity index is 1440. The zero-order chi connectivity index (χ0) is 24.3. The molecule has 3 aromatic carbocycles. The van der Waals surface area contributed by atoms with Crippen molar-refractivity contribution in [2.75, 3.05) is 5.73 Å². The number of benzene rings is 3. The second kappa shape index (κ2) is 9.94. The van der Waals surface area contributed by atoms with Gasteiger partial charge in [-0.1, -0.05) is 91.3 Å². The number of fused-ring (bicyclic) bond motifs is 2. The molecule has 180 valence electrons. The molecule has 2 aromatic heterocycles. The van der Waals surface area contributed by atoms with Gasteiger partial charge in [0.25, 0.3) is 0 Å². The van der Waals surface area contributed by atoms with Crippen molar-refractivity contribution in [3.05, 3.63) is 119 Å². The summed E-state index contributed by atoms with van der Waals surface area (Å²) in [5.74, 6) is 1.77. The van der Waals surface area contributed by atoms with Crippen molar-refractivity contribution in [3.8, 4) is 0 Å². The molecule has 5 aromatic rings. The molecule has 1 unspecified atom stereocenters. The van der Waals surface area contributed by atoms with Crippen molar-refractivity contribution in [1.29, 1.82) is 0 Å². The van der Waals surface area contributed by atoms with Gasteiger partial charge in [0.1, 0.15) is 11.3 Å². The fraction of sp³-hybridized carbons (Fsp3) is 0.258. The van der Waals surface area contributed by atoms with Gasteiger partial charge < -0.3 is 5.73 Å². The molecule has 3 atom stereocenters. The predicted octanol–water partition coefficient (Wildman–Crippen LogP) is 6.95. The van der Waals surface area contributed by atoms with E-state index in [1.54, 1.807) is 0 Å². The van der Waals surface area contributed by atoms with Crippen molar-refractivity contribution in [2.45, 2.75) is 49.9 Å². The first kappa shape index (κ1) is 22.5. The van der Waals surface area contributed by atoms with Crippen molar-refractivity contribution in [1.82, 2.24) is 20.4 Å². The molecule has 5 heteroatoms. The highest BCUT2D eigenvalue weighted by Crippen LogP contribution is 2.44. The number of nitrogens with one attached hydrogen (secondary N) is 1. The smallest absolute Gasteiger partial charge is 0.203 e. The van der Waals surface area contributed by atoms with Crippen LogP contribution in [0.2, 0.25) is 0 Å². The zero-order valence-corrected chi connectivity index (χ0v) is 20.3. The average Bonchev–Trinajstić information content (AvgIpc) is 3.40. The molecule has 0 aliphatic heterocycles. The van der Waals surface area contributed by atoms with E-state index in [9.17, 15) is 0 Å². The molecule has 0 bridgehead atoms. The summed E-state index contributed by atoms with van der Waals surface area (Å²) < 4.78 is 0. The van der Waals surface area contributed by atoms with E-state index >= 15 is 0 Å². The summed E-state index contributed by atoms with van der Waals surface area (Å²) in [7, 11) is 0. The summed E-state index contributed by atoms with van der Waals surface area (Å²) in [6.45, 7) is 0. The van der Waals surface area contributed by atoms with Crippen LogP contribution in [-0.2, 0) is 0 Å². The Morgan fingerprint density at radius 2 is 1.56 bits per heavy atom. The van der Waals surface area contributed by atoms with E-state index in [0.717, 1.165) is 23.9 Å². The first-order valence-corrected chi connectivity index (χ1v) is 12.9. The van der Waals surface area contributed by atoms with Crippen molar-refractivity contribution < 1.29 is 0 Å². The van der Waals surface area contributed by atoms with Crippen LogP contribution in [0.5, 0.6) is 0 Å². The second-order valence-corrected chi connectivity index (χ2v) is 9.89. The average molecular weight is 474 g/mol. The number of aromatic amines is 1. The third-order valence-corrected chi connectivity index (χ3v) is 7.78. The maximum atomic E-state index is 6.17. The predicted molar refractivity (Wildman–Crippen MR) is 145 cm³/mol. The standard InChI is InChI=1S/C31H31N5/c32-29-20-28(30-31(33-29)35-36-34-30)25(21-10-3-1-4-11-21)17-9-14-23-18-19-26(22-12-5-2-6-13-22)27-16-8-7-15-24(23)27/h1-8,10-13,15-16,20,23,25-26H,9,14,17-19H2,(H3,32,33,34,35,36)/t23-,25?,26-/m0/s1. The molecule has 0 radical (unpaired) electrons. The summed E-state index contributed by atoms with van der Waals surface area (Å²) >= 11 is 0. The lowest BCUT2D eigenvalue weighted by Gasteiger charge is -2.32. The Hall–Kier alpha value is -3.99. The normalized spacial score (nSPS) is 18.1. The van der Waals surface area contributed by atoms with Crippen LogP contribution in [0.4, 0.5) is 5.82 Å². The molecule has 0 saturated heterocycles. The number of nitrogen functional groups attached to an aromatic ring is 1. The molecule has 0 fully saturated rings. The number of hydrogen-bond acceptors (Lipinski definition) is 4. The van der Waals surface area contributed by atoms with Gasteiger partial charge in [-0.3, -0.25) is 0 Å². The Kier molecular flexibility index (Phi) is 6.20.